The first-order valence-electron chi connectivity index (χ1n) is 13.3. The topological polar surface area (TPSA) is 92.2 Å². The number of hydrazine groups is 1. The average Bonchev–Trinajstić information content (AvgIpc) is 3.31. The molecule has 2 atom stereocenters. The molecule has 0 aliphatic carbocycles. The second-order valence-electron chi connectivity index (χ2n) is 9.80. The van der Waals surface area contributed by atoms with Crippen LogP contribution in [0.4, 0.5) is 0 Å². The lowest BCUT2D eigenvalue weighted by Crippen LogP contribution is -2.55. The van der Waals surface area contributed by atoms with Crippen molar-refractivity contribution in [3.8, 4) is 5.75 Å². The number of carbonyl (C=O) groups is 1. The monoisotopic (exact) mass is 601 g/mol. The summed E-state index contributed by atoms with van der Waals surface area (Å²) in [7, 11) is 0. The fraction of sp³-hybridized carbons (Fsp3) is 0.250. The summed E-state index contributed by atoms with van der Waals surface area (Å²) in [5.74, 6) is 0.846. The molecule has 0 unspecified atom stereocenters. The van der Waals surface area contributed by atoms with Gasteiger partial charge in [0.2, 0.25) is 5.90 Å². The second kappa shape index (κ2) is 12.6. The summed E-state index contributed by atoms with van der Waals surface area (Å²) in [4.78, 5) is 18.8. The Kier molecular flexibility index (Phi) is 8.79. The third-order valence-corrected chi connectivity index (χ3v) is 7.60. The fourth-order valence-electron chi connectivity index (χ4n) is 4.83. The zero-order chi connectivity index (χ0) is 28.0. The third-order valence-electron chi connectivity index (χ3n) is 7.08. The number of fused-ring (bicyclic) bond motifs is 1. The number of hydrogen-bond donors (Lipinski definition) is 3. The molecular weight excluding hydrogens is 570 g/mol. The SMILES string of the molecule is C[C@@H]1OC(c2ccc(OCCCO)cc2)=N[C@]1(Cc1ccc(Br)cc1)C(=O)NNCc1cccc2ccccc12. The number of amides is 1. The zero-order valence-electron chi connectivity index (χ0n) is 22.3. The molecule has 4 aromatic rings. The van der Waals surface area contributed by atoms with Gasteiger partial charge in [0.15, 0.2) is 5.54 Å². The van der Waals surface area contributed by atoms with E-state index in [4.69, 9.17) is 19.6 Å². The van der Waals surface area contributed by atoms with Crippen LogP contribution in [0.25, 0.3) is 10.8 Å². The minimum absolute atomic E-state index is 0.0833. The molecule has 1 amide bonds. The Morgan fingerprint density at radius 1 is 1.02 bits per heavy atom. The Morgan fingerprint density at radius 2 is 1.77 bits per heavy atom. The molecule has 5 rings (SSSR count). The van der Waals surface area contributed by atoms with Crippen LogP contribution in [-0.4, -0.2) is 41.8 Å². The summed E-state index contributed by atoms with van der Waals surface area (Å²) >= 11 is 3.49. The van der Waals surface area contributed by atoms with Gasteiger partial charge in [0, 0.05) is 36.0 Å². The van der Waals surface area contributed by atoms with E-state index in [2.05, 4.69) is 45.0 Å². The molecule has 0 saturated heterocycles. The van der Waals surface area contributed by atoms with Crippen molar-refractivity contribution in [2.24, 2.45) is 4.99 Å². The van der Waals surface area contributed by atoms with Crippen molar-refractivity contribution in [3.63, 3.8) is 0 Å². The van der Waals surface area contributed by atoms with Crippen molar-refractivity contribution in [2.45, 2.75) is 38.0 Å². The highest BCUT2D eigenvalue weighted by molar-refractivity contribution is 9.10. The number of hydrogen-bond acceptors (Lipinski definition) is 6. The maximum Gasteiger partial charge on any atom is 0.266 e. The summed E-state index contributed by atoms with van der Waals surface area (Å²) in [6, 6.07) is 29.6. The molecule has 0 bridgehead atoms. The molecular formula is C32H32BrN3O4. The number of benzene rings is 4. The molecule has 40 heavy (non-hydrogen) atoms. The molecule has 3 N–H and O–H groups in total. The molecule has 0 aromatic heterocycles. The molecule has 0 radical (unpaired) electrons. The van der Waals surface area contributed by atoms with E-state index in [9.17, 15) is 4.79 Å². The maximum atomic E-state index is 13.9. The van der Waals surface area contributed by atoms with Gasteiger partial charge in [0.05, 0.1) is 6.61 Å². The smallest absolute Gasteiger partial charge is 0.266 e. The molecule has 1 heterocycles. The van der Waals surface area contributed by atoms with Gasteiger partial charge in [0.25, 0.3) is 5.91 Å². The predicted molar refractivity (Wildman–Crippen MR) is 160 cm³/mol. The highest BCUT2D eigenvalue weighted by Crippen LogP contribution is 2.33. The van der Waals surface area contributed by atoms with Crippen molar-refractivity contribution in [3.05, 3.63) is 112 Å². The number of aliphatic hydroxyl groups is 1. The number of ether oxygens (including phenoxy) is 2. The summed E-state index contributed by atoms with van der Waals surface area (Å²) in [6.07, 6.45) is 0.429. The molecule has 4 aromatic carbocycles. The largest absolute Gasteiger partial charge is 0.494 e. The van der Waals surface area contributed by atoms with Crippen LogP contribution < -0.4 is 15.6 Å². The number of halogens is 1. The van der Waals surface area contributed by atoms with Gasteiger partial charge in [-0.1, -0.05) is 70.5 Å². The first-order valence-corrected chi connectivity index (χ1v) is 14.1. The van der Waals surface area contributed by atoms with Gasteiger partial charge in [-0.15, -0.1) is 0 Å². The minimum atomic E-state index is -1.18. The molecule has 0 saturated carbocycles. The van der Waals surface area contributed by atoms with Crippen LogP contribution in [0.2, 0.25) is 0 Å². The van der Waals surface area contributed by atoms with Crippen LogP contribution in [0.3, 0.4) is 0 Å². The van der Waals surface area contributed by atoms with E-state index >= 15 is 0 Å². The first kappa shape index (κ1) is 27.8. The van der Waals surface area contributed by atoms with Gasteiger partial charge in [-0.3, -0.25) is 10.2 Å². The number of rotatable bonds is 11. The lowest BCUT2D eigenvalue weighted by atomic mass is 9.86. The molecule has 1 aliphatic rings. The Balaban J connectivity index is 1.37. The fourth-order valence-corrected chi connectivity index (χ4v) is 5.10. The zero-order valence-corrected chi connectivity index (χ0v) is 23.9. The summed E-state index contributed by atoms with van der Waals surface area (Å²) in [6.45, 7) is 2.86. The molecule has 7 nitrogen and oxygen atoms in total. The van der Waals surface area contributed by atoms with Gasteiger partial charge in [-0.05, 0) is 65.2 Å². The summed E-state index contributed by atoms with van der Waals surface area (Å²) < 4.78 is 12.8. The predicted octanol–water partition coefficient (Wildman–Crippen LogP) is 5.33. The lowest BCUT2D eigenvalue weighted by Gasteiger charge is -2.28. The van der Waals surface area contributed by atoms with Crippen LogP contribution >= 0.6 is 15.9 Å². The average molecular weight is 603 g/mol. The standard InChI is InChI=1S/C32H32BrN3O4/c1-22-32(20-23-10-14-27(33)15-11-23,35-30(40-22)25-12-16-28(17-13-25)39-19-5-18-37)31(38)36-34-21-26-8-4-7-24-6-2-3-9-29(24)26/h2-4,6-17,22,34,37H,5,18-21H2,1H3,(H,36,38)/t22-,32-/m0/s1. The number of nitrogens with zero attached hydrogens (tertiary/aromatic N) is 1. The van der Waals surface area contributed by atoms with Gasteiger partial charge in [-0.25, -0.2) is 10.4 Å². The Morgan fingerprint density at radius 3 is 2.55 bits per heavy atom. The van der Waals surface area contributed by atoms with Crippen molar-refractivity contribution in [2.75, 3.05) is 13.2 Å². The summed E-state index contributed by atoms with van der Waals surface area (Å²) in [5.41, 5.74) is 7.70. The number of nitrogens with one attached hydrogen (secondary N) is 2. The Labute approximate surface area is 242 Å². The van der Waals surface area contributed by atoms with E-state index in [0.717, 1.165) is 31.9 Å². The summed E-state index contributed by atoms with van der Waals surface area (Å²) in [5, 5.41) is 11.3. The van der Waals surface area contributed by atoms with Crippen molar-refractivity contribution < 1.29 is 19.4 Å². The van der Waals surface area contributed by atoms with Crippen molar-refractivity contribution in [1.29, 1.82) is 0 Å². The number of aliphatic imine (C=N–C) groups is 1. The lowest BCUT2D eigenvalue weighted by molar-refractivity contribution is -0.129. The van der Waals surface area contributed by atoms with Crippen LogP contribution in [0.15, 0.2) is 100 Å². The maximum absolute atomic E-state index is 13.9. The number of aliphatic hydroxyl groups excluding tert-OH is 1. The van der Waals surface area contributed by atoms with Crippen LogP contribution in [0.1, 0.15) is 30.0 Å². The minimum Gasteiger partial charge on any atom is -0.494 e. The normalized spacial score (nSPS) is 18.3. The van der Waals surface area contributed by atoms with E-state index in [1.807, 2.05) is 79.7 Å². The Hall–Kier alpha value is -3.72. The van der Waals surface area contributed by atoms with Crippen LogP contribution in [0, 0.1) is 0 Å². The van der Waals surface area contributed by atoms with E-state index in [1.54, 1.807) is 0 Å². The van der Waals surface area contributed by atoms with Crippen LogP contribution in [-0.2, 0) is 22.5 Å². The van der Waals surface area contributed by atoms with E-state index < -0.39 is 11.6 Å². The third kappa shape index (κ3) is 6.20. The van der Waals surface area contributed by atoms with E-state index in [1.165, 1.54) is 0 Å². The highest BCUT2D eigenvalue weighted by Gasteiger charge is 2.50. The van der Waals surface area contributed by atoms with Crippen LogP contribution in [0.5, 0.6) is 5.75 Å². The Bertz CT molecular complexity index is 1490. The first-order chi connectivity index (χ1) is 19.5. The molecule has 8 heteroatoms. The highest BCUT2D eigenvalue weighted by atomic mass is 79.9. The molecule has 0 fully saturated rings. The van der Waals surface area contributed by atoms with Gasteiger partial charge in [0.1, 0.15) is 11.9 Å². The molecule has 206 valence electrons. The second-order valence-corrected chi connectivity index (χ2v) is 10.7. The van der Waals surface area contributed by atoms with Crippen molar-refractivity contribution in [1.82, 2.24) is 10.9 Å². The molecule has 1 aliphatic heterocycles. The van der Waals surface area contributed by atoms with Gasteiger partial charge >= 0.3 is 0 Å². The number of carbonyl (C=O) groups excluding carboxylic acids is 1. The van der Waals surface area contributed by atoms with E-state index in [0.29, 0.717) is 37.6 Å². The molecule has 0 spiro atoms. The van der Waals surface area contributed by atoms with Gasteiger partial charge < -0.3 is 14.6 Å². The van der Waals surface area contributed by atoms with Crippen molar-refractivity contribution >= 4 is 38.5 Å². The van der Waals surface area contributed by atoms with E-state index in [-0.39, 0.29) is 12.5 Å². The van der Waals surface area contributed by atoms with Gasteiger partial charge in [-0.2, -0.15) is 0 Å². The quantitative estimate of drug-likeness (QED) is 0.160.